The van der Waals surface area contributed by atoms with Crippen LogP contribution in [0.15, 0.2) is 42.5 Å². The molecule has 3 rings (SSSR count). The summed E-state index contributed by atoms with van der Waals surface area (Å²) in [4.78, 5) is 0. The minimum Gasteiger partial charge on any atom is -0.394 e. The van der Waals surface area contributed by atoms with Crippen molar-refractivity contribution in [3.8, 4) is 0 Å². The molecule has 0 aliphatic carbocycles. The Morgan fingerprint density at radius 2 is 1.51 bits per heavy atom. The number of ether oxygens (including phenoxy) is 1. The maximum atomic E-state index is 10.6. The van der Waals surface area contributed by atoms with Crippen molar-refractivity contribution in [2.24, 2.45) is 0 Å². The third-order valence-corrected chi connectivity index (χ3v) is 8.08. The monoisotopic (exact) mass is 535 g/mol. The molecule has 2 aromatic rings. The Kier molecular flexibility index (Phi) is 11.4. The summed E-state index contributed by atoms with van der Waals surface area (Å²) in [6.07, 6.45) is 0.869. The van der Waals surface area contributed by atoms with E-state index in [1.165, 1.54) is 17.3 Å². The maximum absolute atomic E-state index is 10.6. The molecule has 1 fully saturated rings. The minimum atomic E-state index is -1.27. The van der Waals surface area contributed by atoms with Crippen LogP contribution in [0, 0.1) is 6.92 Å². The molecular weight excluding hydrogens is 494 g/mol. The summed E-state index contributed by atoms with van der Waals surface area (Å²) >= 11 is 1.30. The number of unbranched alkanes of at least 4 members (excludes halogenated alkanes) is 1. The molecule has 0 aromatic heterocycles. The highest BCUT2D eigenvalue weighted by Gasteiger charge is 2.44. The molecular formula is C28H41NO7S. The third-order valence-electron chi connectivity index (χ3n) is 7.22. The van der Waals surface area contributed by atoms with Gasteiger partial charge in [-0.05, 0) is 73.2 Å². The van der Waals surface area contributed by atoms with Gasteiger partial charge in [0.1, 0.15) is 29.9 Å². The first-order valence-electron chi connectivity index (χ1n) is 12.7. The number of benzene rings is 2. The van der Waals surface area contributed by atoms with E-state index in [4.69, 9.17) is 4.74 Å². The zero-order chi connectivity index (χ0) is 27.0. The first-order valence-corrected chi connectivity index (χ1v) is 14.0. The highest BCUT2D eigenvalue weighted by molar-refractivity contribution is 7.99. The van der Waals surface area contributed by atoms with Crippen LogP contribution in [0.25, 0.3) is 0 Å². The quantitative estimate of drug-likeness (QED) is 0.187. The Bertz CT molecular complexity index is 959. The Hall–Kier alpha value is -1.53. The van der Waals surface area contributed by atoms with Crippen molar-refractivity contribution in [1.82, 2.24) is 5.32 Å². The van der Waals surface area contributed by atoms with Gasteiger partial charge in [-0.2, -0.15) is 0 Å². The Morgan fingerprint density at radius 1 is 0.865 bits per heavy atom. The summed E-state index contributed by atoms with van der Waals surface area (Å²) in [5, 5.41) is 62.2. The summed E-state index contributed by atoms with van der Waals surface area (Å²) in [5.41, 5.74) is 3.74. The lowest BCUT2D eigenvalue weighted by Gasteiger charge is -2.40. The van der Waals surface area contributed by atoms with E-state index in [0.717, 1.165) is 47.9 Å². The van der Waals surface area contributed by atoms with Crippen LogP contribution in [0.2, 0.25) is 0 Å². The van der Waals surface area contributed by atoms with E-state index < -0.39 is 35.4 Å². The molecule has 1 aliphatic rings. The van der Waals surface area contributed by atoms with Crippen LogP contribution < -0.4 is 5.32 Å². The summed E-state index contributed by atoms with van der Waals surface area (Å²) in [6.45, 7) is 1.69. The first-order chi connectivity index (χ1) is 17.8. The van der Waals surface area contributed by atoms with Gasteiger partial charge in [-0.1, -0.05) is 42.5 Å². The summed E-state index contributed by atoms with van der Waals surface area (Å²) < 4.78 is 5.93. The molecule has 5 unspecified atom stereocenters. The smallest absolute Gasteiger partial charge is 0.132 e. The molecule has 1 saturated heterocycles. The van der Waals surface area contributed by atoms with Gasteiger partial charge in [-0.25, -0.2) is 0 Å². The van der Waals surface area contributed by atoms with Gasteiger partial charge in [0.2, 0.25) is 0 Å². The van der Waals surface area contributed by atoms with Crippen molar-refractivity contribution in [1.29, 1.82) is 0 Å². The van der Waals surface area contributed by atoms with Gasteiger partial charge < -0.3 is 40.7 Å². The number of aryl methyl sites for hydroxylation is 2. The van der Waals surface area contributed by atoms with Gasteiger partial charge >= 0.3 is 0 Å². The average Bonchev–Trinajstić information content (AvgIpc) is 2.92. The van der Waals surface area contributed by atoms with Crippen LogP contribution in [0.5, 0.6) is 0 Å². The van der Waals surface area contributed by atoms with Gasteiger partial charge in [-0.3, -0.25) is 0 Å². The zero-order valence-electron chi connectivity index (χ0n) is 21.6. The van der Waals surface area contributed by atoms with Crippen LogP contribution in [-0.2, 0) is 17.6 Å². The van der Waals surface area contributed by atoms with Crippen LogP contribution >= 0.6 is 11.8 Å². The molecule has 1 heterocycles. The summed E-state index contributed by atoms with van der Waals surface area (Å²) in [6, 6.07) is 14.4. The highest BCUT2D eigenvalue weighted by atomic mass is 32.2. The van der Waals surface area contributed by atoms with E-state index in [0.29, 0.717) is 6.54 Å². The molecule has 206 valence electrons. The molecule has 1 aliphatic heterocycles. The Labute approximate surface area is 223 Å². The van der Waals surface area contributed by atoms with E-state index >= 15 is 0 Å². The Morgan fingerprint density at radius 3 is 2.14 bits per heavy atom. The number of nitrogens with one attached hydrogen (secondary N) is 1. The number of hydrogen-bond acceptors (Lipinski definition) is 9. The highest BCUT2D eigenvalue weighted by Crippen LogP contribution is 2.36. The molecule has 0 spiro atoms. The molecule has 37 heavy (non-hydrogen) atoms. The lowest BCUT2D eigenvalue weighted by Crippen LogP contribution is -2.55. The predicted molar refractivity (Wildman–Crippen MR) is 145 cm³/mol. The first kappa shape index (κ1) is 30.0. The van der Waals surface area contributed by atoms with E-state index in [1.807, 2.05) is 25.1 Å². The van der Waals surface area contributed by atoms with E-state index in [9.17, 15) is 30.6 Å². The second-order valence-corrected chi connectivity index (χ2v) is 10.9. The molecule has 0 amide bonds. The zero-order valence-corrected chi connectivity index (χ0v) is 22.4. The molecule has 2 aromatic carbocycles. The SMILES string of the molecule is CSC1OC(c2ccc(C)c(Cc3ccc(CCCCNC(CO)(CO)CO)cc3)c2)C(O)C(O)C1O. The molecule has 0 radical (unpaired) electrons. The van der Waals surface area contributed by atoms with Crippen LogP contribution in [-0.4, -0.2) is 92.5 Å². The standard InChI is InChI=1S/C28H41NO7S/c1-18-6-11-21(26-24(34)23(33)25(35)27(36-26)37-2)14-22(18)13-20-9-7-19(8-10-20)5-3-4-12-29-28(15-30,16-31)17-32/h6-11,14,23-27,29-35H,3-5,12-13,15-17H2,1-2H3. The number of rotatable bonds is 13. The normalized spacial score (nSPS) is 24.4. The van der Waals surface area contributed by atoms with Crippen molar-refractivity contribution >= 4 is 11.8 Å². The topological polar surface area (TPSA) is 143 Å². The van der Waals surface area contributed by atoms with Crippen molar-refractivity contribution in [2.75, 3.05) is 32.6 Å². The number of thioether (sulfide) groups is 1. The predicted octanol–water partition coefficient (Wildman–Crippen LogP) is 1.06. The second kappa shape index (κ2) is 14.0. The minimum absolute atomic E-state index is 0.318. The van der Waals surface area contributed by atoms with E-state index in [1.54, 1.807) is 6.26 Å². The molecule has 9 heteroatoms. The average molecular weight is 536 g/mol. The maximum Gasteiger partial charge on any atom is 0.132 e. The molecule has 0 saturated carbocycles. The molecule has 8 nitrogen and oxygen atoms in total. The van der Waals surface area contributed by atoms with Gasteiger partial charge in [0.15, 0.2) is 0 Å². The molecule has 5 atom stereocenters. The van der Waals surface area contributed by atoms with Crippen molar-refractivity contribution in [3.63, 3.8) is 0 Å². The fourth-order valence-corrected chi connectivity index (χ4v) is 5.22. The van der Waals surface area contributed by atoms with Crippen molar-refractivity contribution in [2.45, 2.75) is 68.0 Å². The molecule has 7 N–H and O–H groups in total. The van der Waals surface area contributed by atoms with E-state index in [2.05, 4.69) is 29.6 Å². The lowest BCUT2D eigenvalue weighted by atomic mass is 9.91. The fraction of sp³-hybridized carbons (Fsp3) is 0.571. The van der Waals surface area contributed by atoms with Gasteiger partial charge in [0.25, 0.3) is 0 Å². The van der Waals surface area contributed by atoms with Gasteiger partial charge in [0, 0.05) is 0 Å². The summed E-state index contributed by atoms with van der Waals surface area (Å²) in [7, 11) is 0. The lowest BCUT2D eigenvalue weighted by molar-refractivity contribution is -0.200. The summed E-state index contributed by atoms with van der Waals surface area (Å²) in [5.74, 6) is 0. The van der Waals surface area contributed by atoms with Gasteiger partial charge in [-0.15, -0.1) is 11.8 Å². The van der Waals surface area contributed by atoms with Crippen molar-refractivity contribution in [3.05, 3.63) is 70.3 Å². The fourth-order valence-electron chi connectivity index (χ4n) is 4.55. The molecule has 0 bridgehead atoms. The van der Waals surface area contributed by atoms with Crippen LogP contribution in [0.4, 0.5) is 0 Å². The number of hydrogen-bond donors (Lipinski definition) is 7. The third kappa shape index (κ3) is 7.53. The van der Waals surface area contributed by atoms with Crippen molar-refractivity contribution < 1.29 is 35.4 Å². The number of aliphatic hydroxyl groups is 6. The van der Waals surface area contributed by atoms with Crippen LogP contribution in [0.3, 0.4) is 0 Å². The second-order valence-electron chi connectivity index (χ2n) is 9.95. The Balaban J connectivity index is 1.57. The van der Waals surface area contributed by atoms with Gasteiger partial charge in [0.05, 0.1) is 25.4 Å². The van der Waals surface area contributed by atoms with Crippen LogP contribution in [0.1, 0.15) is 46.8 Å². The van der Waals surface area contributed by atoms with E-state index in [-0.39, 0.29) is 19.8 Å². The largest absolute Gasteiger partial charge is 0.394 e. The number of aliphatic hydroxyl groups excluding tert-OH is 6.